The fourth-order valence-corrected chi connectivity index (χ4v) is 2.68. The van der Waals surface area contributed by atoms with Gasteiger partial charge in [0.25, 0.3) is 5.91 Å². The maximum Gasteiger partial charge on any atom is 0.434 e. The summed E-state index contributed by atoms with van der Waals surface area (Å²) in [4.78, 5) is 23.6. The van der Waals surface area contributed by atoms with E-state index in [9.17, 15) is 23.1 Å². The van der Waals surface area contributed by atoms with Crippen molar-refractivity contribution in [2.75, 3.05) is 12.4 Å². The first-order chi connectivity index (χ1) is 14.0. The van der Waals surface area contributed by atoms with Gasteiger partial charge >= 0.3 is 6.18 Å². The van der Waals surface area contributed by atoms with Crippen LogP contribution in [-0.4, -0.2) is 43.1 Å². The zero-order valence-corrected chi connectivity index (χ0v) is 16.5. The molecule has 160 valence electrons. The third-order valence-corrected chi connectivity index (χ3v) is 4.22. The van der Waals surface area contributed by atoms with E-state index in [0.29, 0.717) is 24.7 Å². The van der Waals surface area contributed by atoms with Gasteiger partial charge in [0.2, 0.25) is 0 Å². The van der Waals surface area contributed by atoms with Crippen LogP contribution in [0.5, 0.6) is 5.75 Å². The first-order valence-electron chi connectivity index (χ1n) is 8.95. The minimum atomic E-state index is -4.71. The number of hydrogen-bond acceptors (Lipinski definition) is 6. The van der Waals surface area contributed by atoms with Gasteiger partial charge in [-0.05, 0) is 26.7 Å². The number of pyridine rings is 1. The Morgan fingerprint density at radius 3 is 2.60 bits per heavy atom. The van der Waals surface area contributed by atoms with E-state index in [0.717, 1.165) is 11.9 Å². The van der Waals surface area contributed by atoms with Crippen LogP contribution in [0.2, 0.25) is 0 Å². The van der Waals surface area contributed by atoms with Crippen LogP contribution in [0.3, 0.4) is 0 Å². The molecule has 3 aromatic heterocycles. The molecule has 0 aliphatic carbocycles. The van der Waals surface area contributed by atoms with Crippen molar-refractivity contribution in [3.05, 3.63) is 47.9 Å². The number of aliphatic hydroxyl groups is 1. The number of anilines is 1. The van der Waals surface area contributed by atoms with Crippen LogP contribution < -0.4 is 10.1 Å². The number of halogens is 3. The van der Waals surface area contributed by atoms with Gasteiger partial charge in [-0.15, -0.1) is 0 Å². The van der Waals surface area contributed by atoms with Crippen LogP contribution in [0.1, 0.15) is 42.1 Å². The molecule has 11 heteroatoms. The zero-order valence-electron chi connectivity index (χ0n) is 16.5. The SMILES string of the molecule is COc1cc2nc(CCC(C)(C)O)cn2cc1NC(=O)c1cncc(C(F)(F)F)n1. The lowest BCUT2D eigenvalue weighted by Crippen LogP contribution is -2.19. The van der Waals surface area contributed by atoms with Gasteiger partial charge in [0.15, 0.2) is 5.69 Å². The third kappa shape index (κ3) is 5.03. The van der Waals surface area contributed by atoms with Gasteiger partial charge in [-0.1, -0.05) is 0 Å². The van der Waals surface area contributed by atoms with E-state index in [2.05, 4.69) is 20.3 Å². The minimum absolute atomic E-state index is 0.223. The second-order valence-electron chi connectivity index (χ2n) is 7.31. The molecular formula is C19H20F3N5O3. The number of methoxy groups -OCH3 is 1. The standard InChI is InChI=1S/C19H20F3N5O3/c1-18(2,29)5-4-11-9-27-10-13(14(30-3)6-16(27)24-11)26-17(28)12-7-23-8-15(25-12)19(20,21)22/h6-10,29H,4-5H2,1-3H3,(H,26,28). The van der Waals surface area contributed by atoms with E-state index in [-0.39, 0.29) is 11.4 Å². The Hall–Kier alpha value is -3.21. The van der Waals surface area contributed by atoms with Gasteiger partial charge in [-0.25, -0.2) is 9.97 Å². The molecular weight excluding hydrogens is 403 g/mol. The van der Waals surface area contributed by atoms with E-state index in [4.69, 9.17) is 4.74 Å². The Kier molecular flexibility index (Phi) is 5.66. The van der Waals surface area contributed by atoms with Crippen molar-refractivity contribution < 1.29 is 27.8 Å². The summed E-state index contributed by atoms with van der Waals surface area (Å²) in [6.45, 7) is 3.41. The van der Waals surface area contributed by atoms with Crippen molar-refractivity contribution in [3.63, 3.8) is 0 Å². The summed E-state index contributed by atoms with van der Waals surface area (Å²) in [5.74, 6) is -0.593. The van der Waals surface area contributed by atoms with Crippen molar-refractivity contribution in [2.45, 2.75) is 38.5 Å². The number of nitrogens with one attached hydrogen (secondary N) is 1. The predicted octanol–water partition coefficient (Wildman–Crippen LogP) is 3.11. The van der Waals surface area contributed by atoms with Crippen LogP contribution in [0.25, 0.3) is 5.65 Å². The number of ether oxygens (including phenoxy) is 1. The van der Waals surface area contributed by atoms with E-state index in [1.165, 1.54) is 13.3 Å². The Morgan fingerprint density at radius 1 is 1.23 bits per heavy atom. The lowest BCUT2D eigenvalue weighted by atomic mass is 10.0. The van der Waals surface area contributed by atoms with Crippen LogP contribution in [0.15, 0.2) is 30.9 Å². The molecule has 0 radical (unpaired) electrons. The van der Waals surface area contributed by atoms with Crippen molar-refractivity contribution in [1.29, 1.82) is 0 Å². The summed E-state index contributed by atoms with van der Waals surface area (Å²) in [6.07, 6.45) is 1.09. The van der Waals surface area contributed by atoms with Crippen LogP contribution >= 0.6 is 0 Å². The third-order valence-electron chi connectivity index (χ3n) is 4.22. The molecule has 3 heterocycles. The molecule has 0 saturated carbocycles. The van der Waals surface area contributed by atoms with Crippen LogP contribution in [0, 0.1) is 0 Å². The van der Waals surface area contributed by atoms with E-state index < -0.39 is 29.1 Å². The molecule has 3 rings (SSSR count). The molecule has 0 fully saturated rings. The van der Waals surface area contributed by atoms with E-state index in [1.807, 2.05) is 0 Å². The van der Waals surface area contributed by atoms with Crippen LogP contribution in [-0.2, 0) is 12.6 Å². The van der Waals surface area contributed by atoms with Gasteiger partial charge < -0.3 is 19.6 Å². The molecule has 0 bridgehead atoms. The maximum absolute atomic E-state index is 12.8. The molecule has 1 amide bonds. The van der Waals surface area contributed by atoms with Crippen molar-refractivity contribution in [1.82, 2.24) is 19.4 Å². The van der Waals surface area contributed by atoms with Crippen molar-refractivity contribution in [2.24, 2.45) is 0 Å². The number of hydrogen-bond donors (Lipinski definition) is 2. The van der Waals surface area contributed by atoms with E-state index in [1.54, 1.807) is 30.5 Å². The van der Waals surface area contributed by atoms with E-state index >= 15 is 0 Å². The van der Waals surface area contributed by atoms with Gasteiger partial charge in [0, 0.05) is 18.5 Å². The highest BCUT2D eigenvalue weighted by molar-refractivity contribution is 6.03. The van der Waals surface area contributed by atoms with Gasteiger partial charge in [0.1, 0.15) is 22.8 Å². The zero-order chi connectivity index (χ0) is 22.1. The number of amides is 1. The highest BCUT2D eigenvalue weighted by Crippen LogP contribution is 2.28. The summed E-state index contributed by atoms with van der Waals surface area (Å²) in [5, 5.41) is 12.4. The Balaban J connectivity index is 1.87. The number of aromatic nitrogens is 4. The smallest absolute Gasteiger partial charge is 0.434 e. The molecule has 3 aromatic rings. The average Bonchev–Trinajstić information content (AvgIpc) is 3.06. The molecule has 0 aromatic carbocycles. The Bertz CT molecular complexity index is 1070. The van der Waals surface area contributed by atoms with Crippen molar-refractivity contribution in [3.8, 4) is 5.75 Å². The quantitative estimate of drug-likeness (QED) is 0.632. The molecule has 2 N–H and O–H groups in total. The summed E-state index contributed by atoms with van der Waals surface area (Å²) < 4.78 is 45.3. The number of nitrogens with zero attached hydrogens (tertiary/aromatic N) is 4. The van der Waals surface area contributed by atoms with Crippen LogP contribution in [0.4, 0.5) is 18.9 Å². The molecule has 0 saturated heterocycles. The highest BCUT2D eigenvalue weighted by atomic mass is 19.4. The second kappa shape index (κ2) is 7.90. The van der Waals surface area contributed by atoms with Gasteiger partial charge in [-0.2, -0.15) is 13.2 Å². The second-order valence-corrected chi connectivity index (χ2v) is 7.31. The number of imidazole rings is 1. The maximum atomic E-state index is 12.8. The number of carbonyl (C=O) groups excluding carboxylic acids is 1. The molecule has 0 spiro atoms. The largest absolute Gasteiger partial charge is 0.494 e. The molecule has 0 atom stereocenters. The summed E-state index contributed by atoms with van der Waals surface area (Å²) in [6, 6.07) is 1.58. The molecule has 0 aliphatic rings. The van der Waals surface area contributed by atoms with Gasteiger partial charge in [0.05, 0.1) is 30.8 Å². The molecule has 0 aliphatic heterocycles. The highest BCUT2D eigenvalue weighted by Gasteiger charge is 2.33. The fourth-order valence-electron chi connectivity index (χ4n) is 2.68. The Morgan fingerprint density at radius 2 is 1.97 bits per heavy atom. The fraction of sp³-hybridized carbons (Fsp3) is 0.368. The first kappa shape index (κ1) is 21.5. The summed E-state index contributed by atoms with van der Waals surface area (Å²) >= 11 is 0. The number of carbonyl (C=O) groups is 1. The normalized spacial score (nSPS) is 12.2. The number of rotatable bonds is 6. The first-order valence-corrected chi connectivity index (χ1v) is 8.95. The number of fused-ring (bicyclic) bond motifs is 1. The van der Waals surface area contributed by atoms with Gasteiger partial charge in [-0.3, -0.25) is 9.78 Å². The van der Waals surface area contributed by atoms with Crippen molar-refractivity contribution >= 4 is 17.2 Å². The lowest BCUT2D eigenvalue weighted by molar-refractivity contribution is -0.141. The molecule has 8 nitrogen and oxygen atoms in total. The lowest BCUT2D eigenvalue weighted by Gasteiger charge is -2.15. The average molecular weight is 423 g/mol. The summed E-state index contributed by atoms with van der Waals surface area (Å²) in [7, 11) is 1.39. The minimum Gasteiger partial charge on any atom is -0.494 e. The topological polar surface area (TPSA) is 102 Å². The monoisotopic (exact) mass is 423 g/mol. The Labute approximate surface area is 169 Å². The number of alkyl halides is 3. The predicted molar refractivity (Wildman–Crippen MR) is 101 cm³/mol. The molecule has 0 unspecified atom stereocenters. The summed E-state index contributed by atoms with van der Waals surface area (Å²) in [5.41, 5.74) is -1.08. The number of aryl methyl sites for hydroxylation is 1. The molecule has 30 heavy (non-hydrogen) atoms.